The zero-order valence-corrected chi connectivity index (χ0v) is 8.25. The zero-order valence-electron chi connectivity index (χ0n) is 7.50. The summed E-state index contributed by atoms with van der Waals surface area (Å²) in [4.78, 5) is 0. The number of halogens is 1. The van der Waals surface area contributed by atoms with Gasteiger partial charge < -0.3 is 0 Å². The molecule has 66 valence electrons. The first kappa shape index (κ1) is 8.58. The molecule has 1 aromatic carbocycles. The molecule has 1 atom stereocenters. The lowest BCUT2D eigenvalue weighted by Crippen LogP contribution is -1.79. The maximum atomic E-state index is 5.81. The van der Waals surface area contributed by atoms with Crippen LogP contribution in [0.4, 0.5) is 0 Å². The molecular formula is C12H11Cl. The molecule has 0 saturated carbocycles. The van der Waals surface area contributed by atoms with Crippen LogP contribution >= 0.6 is 11.6 Å². The van der Waals surface area contributed by atoms with Crippen molar-refractivity contribution in [3.63, 3.8) is 0 Å². The second-order valence-electron chi connectivity index (χ2n) is 3.35. The second-order valence-corrected chi connectivity index (χ2v) is 3.78. The molecule has 1 heteroatoms. The van der Waals surface area contributed by atoms with Gasteiger partial charge in [0.05, 0.1) is 0 Å². The first-order chi connectivity index (χ1) is 6.25. The fourth-order valence-electron chi connectivity index (χ4n) is 1.48. The van der Waals surface area contributed by atoms with Crippen LogP contribution in [0.15, 0.2) is 42.5 Å². The Kier molecular flexibility index (Phi) is 2.24. The van der Waals surface area contributed by atoms with Crippen LogP contribution in [0, 0.1) is 5.92 Å². The summed E-state index contributed by atoms with van der Waals surface area (Å²) in [6.07, 6.45) is 6.61. The Hall–Kier alpha value is -1.01. The third kappa shape index (κ3) is 1.84. The third-order valence-electron chi connectivity index (χ3n) is 2.20. The van der Waals surface area contributed by atoms with Gasteiger partial charge >= 0.3 is 0 Å². The van der Waals surface area contributed by atoms with Gasteiger partial charge in [-0.15, -0.1) is 0 Å². The van der Waals surface area contributed by atoms with E-state index in [0.29, 0.717) is 5.92 Å². The first-order valence-corrected chi connectivity index (χ1v) is 4.79. The van der Waals surface area contributed by atoms with Crippen LogP contribution in [0.2, 0.25) is 5.02 Å². The van der Waals surface area contributed by atoms with E-state index in [4.69, 9.17) is 11.6 Å². The largest absolute Gasteiger partial charge is 0.0843 e. The Morgan fingerprint density at radius 3 is 2.38 bits per heavy atom. The van der Waals surface area contributed by atoms with Gasteiger partial charge in [0.2, 0.25) is 0 Å². The molecule has 13 heavy (non-hydrogen) atoms. The normalized spacial score (nSPS) is 20.5. The van der Waals surface area contributed by atoms with Crippen molar-refractivity contribution in [2.75, 3.05) is 0 Å². The van der Waals surface area contributed by atoms with E-state index in [0.717, 1.165) is 5.02 Å². The first-order valence-electron chi connectivity index (χ1n) is 4.42. The molecule has 0 heterocycles. The van der Waals surface area contributed by atoms with E-state index in [1.165, 1.54) is 11.1 Å². The van der Waals surface area contributed by atoms with Gasteiger partial charge in [-0.25, -0.2) is 0 Å². The molecule has 2 rings (SSSR count). The van der Waals surface area contributed by atoms with E-state index < -0.39 is 0 Å². The molecule has 1 aliphatic rings. The molecule has 0 spiro atoms. The lowest BCUT2D eigenvalue weighted by Gasteiger charge is -1.99. The summed E-state index contributed by atoms with van der Waals surface area (Å²) < 4.78 is 0. The molecule has 0 N–H and O–H groups in total. The Morgan fingerprint density at radius 1 is 1.15 bits per heavy atom. The summed E-state index contributed by atoms with van der Waals surface area (Å²) in [5.74, 6) is 0.561. The minimum atomic E-state index is 0.561. The SMILES string of the molecule is CC1C=CC(c2ccc(Cl)cc2)=C1. The van der Waals surface area contributed by atoms with Crippen LogP contribution in [0.1, 0.15) is 12.5 Å². The molecule has 0 aromatic heterocycles. The monoisotopic (exact) mass is 190 g/mol. The van der Waals surface area contributed by atoms with E-state index in [9.17, 15) is 0 Å². The topological polar surface area (TPSA) is 0 Å². The quantitative estimate of drug-likeness (QED) is 0.630. The summed E-state index contributed by atoms with van der Waals surface area (Å²) in [5, 5.41) is 0.791. The molecule has 1 aromatic rings. The fourth-order valence-corrected chi connectivity index (χ4v) is 1.61. The summed E-state index contributed by atoms with van der Waals surface area (Å²) in [5.41, 5.74) is 2.54. The Labute approximate surface area is 83.5 Å². The van der Waals surface area contributed by atoms with Gasteiger partial charge in [0.15, 0.2) is 0 Å². The fraction of sp³-hybridized carbons (Fsp3) is 0.167. The van der Waals surface area contributed by atoms with Crippen LogP contribution in [-0.4, -0.2) is 0 Å². The predicted molar refractivity (Wildman–Crippen MR) is 57.7 cm³/mol. The number of rotatable bonds is 1. The van der Waals surface area contributed by atoms with Crippen LogP contribution in [0.25, 0.3) is 5.57 Å². The average Bonchev–Trinajstić information content (AvgIpc) is 2.53. The maximum Gasteiger partial charge on any atom is 0.0406 e. The number of hydrogen-bond donors (Lipinski definition) is 0. The summed E-state index contributed by atoms with van der Waals surface area (Å²) in [6.45, 7) is 2.18. The summed E-state index contributed by atoms with van der Waals surface area (Å²) in [7, 11) is 0. The Balaban J connectivity index is 2.32. The van der Waals surface area contributed by atoms with E-state index in [-0.39, 0.29) is 0 Å². The lowest BCUT2D eigenvalue weighted by molar-refractivity contribution is 0.959. The van der Waals surface area contributed by atoms with Crippen molar-refractivity contribution in [1.29, 1.82) is 0 Å². The van der Waals surface area contributed by atoms with Gasteiger partial charge in [0.25, 0.3) is 0 Å². The minimum Gasteiger partial charge on any atom is -0.0843 e. The van der Waals surface area contributed by atoms with Crippen molar-refractivity contribution >= 4 is 17.2 Å². The van der Waals surface area contributed by atoms with Crippen molar-refractivity contribution in [3.05, 3.63) is 53.1 Å². The second kappa shape index (κ2) is 3.39. The molecule has 0 fully saturated rings. The molecule has 0 amide bonds. The molecule has 0 aliphatic heterocycles. The molecule has 1 aliphatic carbocycles. The van der Waals surface area contributed by atoms with Gasteiger partial charge in [-0.2, -0.15) is 0 Å². The van der Waals surface area contributed by atoms with E-state index in [1.807, 2.05) is 12.1 Å². The van der Waals surface area contributed by atoms with Crippen molar-refractivity contribution in [2.24, 2.45) is 5.92 Å². The third-order valence-corrected chi connectivity index (χ3v) is 2.45. The molecular weight excluding hydrogens is 180 g/mol. The van der Waals surface area contributed by atoms with Gasteiger partial charge in [0.1, 0.15) is 0 Å². The smallest absolute Gasteiger partial charge is 0.0406 e. The van der Waals surface area contributed by atoms with E-state index >= 15 is 0 Å². The zero-order chi connectivity index (χ0) is 9.26. The molecule has 0 bridgehead atoms. The number of allylic oxidation sites excluding steroid dienone is 4. The van der Waals surface area contributed by atoms with Gasteiger partial charge in [-0.1, -0.05) is 48.9 Å². The predicted octanol–water partition coefficient (Wildman–Crippen LogP) is 3.93. The highest BCUT2D eigenvalue weighted by Gasteiger charge is 2.05. The highest BCUT2D eigenvalue weighted by Crippen LogP contribution is 2.25. The summed E-state index contributed by atoms with van der Waals surface area (Å²) in [6, 6.07) is 7.95. The molecule has 0 nitrogen and oxygen atoms in total. The molecule has 0 radical (unpaired) electrons. The average molecular weight is 191 g/mol. The minimum absolute atomic E-state index is 0.561. The maximum absolute atomic E-state index is 5.81. The van der Waals surface area contributed by atoms with Crippen molar-refractivity contribution in [3.8, 4) is 0 Å². The Morgan fingerprint density at radius 2 is 1.85 bits per heavy atom. The van der Waals surface area contributed by atoms with Crippen LogP contribution in [-0.2, 0) is 0 Å². The number of hydrogen-bond acceptors (Lipinski definition) is 0. The van der Waals surface area contributed by atoms with Gasteiger partial charge in [0, 0.05) is 5.02 Å². The highest BCUT2D eigenvalue weighted by atomic mass is 35.5. The van der Waals surface area contributed by atoms with Crippen LogP contribution in [0.3, 0.4) is 0 Å². The standard InChI is InChI=1S/C12H11Cl/c1-9-2-3-11(8-9)10-4-6-12(13)7-5-10/h2-9H,1H3. The highest BCUT2D eigenvalue weighted by molar-refractivity contribution is 6.30. The van der Waals surface area contributed by atoms with Crippen molar-refractivity contribution in [2.45, 2.75) is 6.92 Å². The lowest BCUT2D eigenvalue weighted by atomic mass is 10.1. The van der Waals surface area contributed by atoms with Gasteiger partial charge in [-0.3, -0.25) is 0 Å². The van der Waals surface area contributed by atoms with Crippen LogP contribution < -0.4 is 0 Å². The van der Waals surface area contributed by atoms with Crippen molar-refractivity contribution in [1.82, 2.24) is 0 Å². The Bertz CT molecular complexity index is 357. The van der Waals surface area contributed by atoms with E-state index in [1.54, 1.807) is 0 Å². The molecule has 1 unspecified atom stereocenters. The van der Waals surface area contributed by atoms with Crippen molar-refractivity contribution < 1.29 is 0 Å². The van der Waals surface area contributed by atoms with E-state index in [2.05, 4.69) is 37.3 Å². The molecule has 0 saturated heterocycles. The van der Waals surface area contributed by atoms with Gasteiger partial charge in [-0.05, 0) is 29.2 Å². The van der Waals surface area contributed by atoms with Crippen LogP contribution in [0.5, 0.6) is 0 Å². The summed E-state index contributed by atoms with van der Waals surface area (Å²) >= 11 is 5.81. The number of benzene rings is 1.